The highest BCUT2D eigenvalue weighted by atomic mass is 28.4. The van der Waals surface area contributed by atoms with Crippen molar-refractivity contribution in [3.63, 3.8) is 0 Å². The number of hydrogen-bond donors (Lipinski definition) is 1. The van der Waals surface area contributed by atoms with Gasteiger partial charge in [-0.25, -0.2) is 0 Å². The van der Waals surface area contributed by atoms with Crippen molar-refractivity contribution in [3.05, 3.63) is 35.9 Å². The van der Waals surface area contributed by atoms with Gasteiger partial charge in [0.25, 0.3) is 0 Å². The lowest BCUT2D eigenvalue weighted by atomic mass is 9.86. The van der Waals surface area contributed by atoms with Gasteiger partial charge in [0.2, 0.25) is 0 Å². The highest BCUT2D eigenvalue weighted by Gasteiger charge is 2.39. The summed E-state index contributed by atoms with van der Waals surface area (Å²) < 4.78 is 11.9. The molecule has 0 saturated heterocycles. The summed E-state index contributed by atoms with van der Waals surface area (Å²) in [6.07, 6.45) is -1.05. The molecule has 26 heavy (non-hydrogen) atoms. The van der Waals surface area contributed by atoms with E-state index in [1.807, 2.05) is 37.3 Å². The van der Waals surface area contributed by atoms with Crippen LogP contribution in [-0.4, -0.2) is 32.1 Å². The van der Waals surface area contributed by atoms with Gasteiger partial charge in [0, 0.05) is 5.92 Å². The Morgan fingerprint density at radius 2 is 1.58 bits per heavy atom. The molecule has 1 aromatic carbocycles. The van der Waals surface area contributed by atoms with E-state index >= 15 is 0 Å². The SMILES string of the molecule is CCOC(=O)[C@@H](C)[C@H](O)[C@H](C)[C@H](O[Si](CC)(CC)CC)c1ccccc1. The van der Waals surface area contributed by atoms with E-state index in [2.05, 4.69) is 20.8 Å². The summed E-state index contributed by atoms with van der Waals surface area (Å²) in [4.78, 5) is 12.1. The molecule has 0 saturated carbocycles. The van der Waals surface area contributed by atoms with Crippen LogP contribution in [0.2, 0.25) is 18.1 Å². The first-order valence-corrected chi connectivity index (χ1v) is 12.5. The van der Waals surface area contributed by atoms with Gasteiger partial charge in [0.05, 0.1) is 24.7 Å². The number of aliphatic hydroxyl groups excluding tert-OH is 1. The summed E-state index contributed by atoms with van der Waals surface area (Å²) in [6.45, 7) is 12.4. The Kier molecular flexibility index (Phi) is 9.54. The van der Waals surface area contributed by atoms with Crippen molar-refractivity contribution in [2.45, 2.75) is 71.9 Å². The number of esters is 1. The van der Waals surface area contributed by atoms with Gasteiger partial charge < -0.3 is 14.3 Å². The van der Waals surface area contributed by atoms with Crippen LogP contribution in [-0.2, 0) is 14.0 Å². The molecule has 0 aromatic heterocycles. The molecule has 0 aliphatic rings. The fraction of sp³-hybridized carbons (Fsp3) is 0.667. The number of benzene rings is 1. The van der Waals surface area contributed by atoms with Crippen molar-refractivity contribution in [1.29, 1.82) is 0 Å². The number of carbonyl (C=O) groups is 1. The van der Waals surface area contributed by atoms with E-state index in [1.165, 1.54) is 0 Å². The molecule has 1 aromatic rings. The van der Waals surface area contributed by atoms with Crippen LogP contribution in [0.15, 0.2) is 30.3 Å². The molecule has 0 bridgehead atoms. The Hall–Kier alpha value is -1.17. The molecule has 0 amide bonds. The Morgan fingerprint density at radius 1 is 1.04 bits per heavy atom. The van der Waals surface area contributed by atoms with Gasteiger partial charge in [-0.3, -0.25) is 4.79 Å². The van der Waals surface area contributed by atoms with Crippen LogP contribution in [0.4, 0.5) is 0 Å². The monoisotopic (exact) mass is 380 g/mol. The molecule has 1 rings (SSSR count). The Labute approximate surface area is 160 Å². The molecule has 5 heteroatoms. The van der Waals surface area contributed by atoms with Crippen LogP contribution in [0.25, 0.3) is 0 Å². The molecule has 0 aliphatic carbocycles. The van der Waals surface area contributed by atoms with E-state index in [1.54, 1.807) is 13.8 Å². The Morgan fingerprint density at radius 3 is 2.04 bits per heavy atom. The van der Waals surface area contributed by atoms with Crippen molar-refractivity contribution < 1.29 is 19.1 Å². The molecule has 0 unspecified atom stereocenters. The molecule has 4 atom stereocenters. The zero-order valence-electron chi connectivity index (χ0n) is 17.2. The topological polar surface area (TPSA) is 55.8 Å². The molecule has 0 heterocycles. The summed E-state index contributed by atoms with van der Waals surface area (Å²) in [5, 5.41) is 10.9. The fourth-order valence-corrected chi connectivity index (χ4v) is 6.33. The number of carbonyl (C=O) groups excluding carboxylic acids is 1. The van der Waals surface area contributed by atoms with Gasteiger partial charge in [0.1, 0.15) is 0 Å². The van der Waals surface area contributed by atoms with Crippen molar-refractivity contribution in [2.24, 2.45) is 11.8 Å². The summed E-state index contributed by atoms with van der Waals surface area (Å²) >= 11 is 0. The Balaban J connectivity index is 3.13. The van der Waals surface area contributed by atoms with E-state index in [9.17, 15) is 9.90 Å². The summed E-state index contributed by atoms with van der Waals surface area (Å²) in [5.74, 6) is -1.15. The summed E-state index contributed by atoms with van der Waals surface area (Å²) in [6, 6.07) is 13.2. The molecule has 0 spiro atoms. The molecular weight excluding hydrogens is 344 g/mol. The minimum Gasteiger partial charge on any atom is -0.466 e. The van der Waals surface area contributed by atoms with Crippen molar-refractivity contribution in [3.8, 4) is 0 Å². The van der Waals surface area contributed by atoms with Crippen LogP contribution >= 0.6 is 0 Å². The highest BCUT2D eigenvalue weighted by Crippen LogP contribution is 2.37. The number of ether oxygens (including phenoxy) is 1. The van der Waals surface area contributed by atoms with Crippen molar-refractivity contribution >= 4 is 14.3 Å². The second-order valence-electron chi connectivity index (χ2n) is 7.08. The van der Waals surface area contributed by atoms with Gasteiger partial charge in [-0.2, -0.15) is 0 Å². The molecule has 0 fully saturated rings. The number of aliphatic hydroxyl groups is 1. The lowest BCUT2D eigenvalue weighted by molar-refractivity contribution is -0.153. The molecule has 4 nitrogen and oxygen atoms in total. The average molecular weight is 381 g/mol. The van der Waals surface area contributed by atoms with E-state index in [0.29, 0.717) is 6.61 Å². The average Bonchev–Trinajstić information content (AvgIpc) is 2.68. The van der Waals surface area contributed by atoms with E-state index in [0.717, 1.165) is 23.7 Å². The first-order valence-electron chi connectivity index (χ1n) is 9.93. The molecule has 148 valence electrons. The zero-order chi connectivity index (χ0) is 19.7. The second-order valence-corrected chi connectivity index (χ2v) is 11.8. The smallest absolute Gasteiger partial charge is 0.311 e. The van der Waals surface area contributed by atoms with Gasteiger partial charge >= 0.3 is 5.97 Å². The van der Waals surface area contributed by atoms with Gasteiger partial charge in [-0.1, -0.05) is 58.0 Å². The largest absolute Gasteiger partial charge is 0.466 e. The highest BCUT2D eigenvalue weighted by molar-refractivity contribution is 6.73. The molecular formula is C21H36O4Si. The van der Waals surface area contributed by atoms with Crippen LogP contribution in [0, 0.1) is 11.8 Å². The van der Waals surface area contributed by atoms with E-state index in [4.69, 9.17) is 9.16 Å². The van der Waals surface area contributed by atoms with Crippen LogP contribution in [0.3, 0.4) is 0 Å². The van der Waals surface area contributed by atoms with Crippen LogP contribution < -0.4 is 0 Å². The summed E-state index contributed by atoms with van der Waals surface area (Å²) in [5.41, 5.74) is 1.06. The van der Waals surface area contributed by atoms with E-state index in [-0.39, 0.29) is 18.0 Å². The third-order valence-electron chi connectivity index (χ3n) is 5.62. The predicted molar refractivity (Wildman–Crippen MR) is 108 cm³/mol. The van der Waals surface area contributed by atoms with Crippen molar-refractivity contribution in [1.82, 2.24) is 0 Å². The van der Waals surface area contributed by atoms with Gasteiger partial charge in [-0.15, -0.1) is 0 Å². The lowest BCUT2D eigenvalue weighted by Crippen LogP contribution is -2.42. The van der Waals surface area contributed by atoms with Gasteiger partial charge in [-0.05, 0) is 37.5 Å². The number of rotatable bonds is 11. The summed E-state index contributed by atoms with van der Waals surface area (Å²) in [7, 11) is -1.88. The first-order chi connectivity index (χ1) is 12.4. The minimum absolute atomic E-state index is 0.215. The standard InChI is InChI=1S/C21H36O4Si/c1-7-24-21(23)17(6)19(22)16(5)20(18-14-12-11-13-15-18)25-26(8-2,9-3)10-4/h11-17,19-20,22H,7-10H2,1-6H3/t16-,17-,19+,20-/m0/s1. The lowest BCUT2D eigenvalue weighted by Gasteiger charge is -2.38. The third-order valence-corrected chi connectivity index (χ3v) is 10.2. The van der Waals surface area contributed by atoms with Gasteiger partial charge in [0.15, 0.2) is 8.32 Å². The quantitative estimate of drug-likeness (QED) is 0.436. The Bertz CT molecular complexity index is 522. The second kappa shape index (κ2) is 10.9. The maximum atomic E-state index is 12.1. The molecule has 1 N–H and O–H groups in total. The predicted octanol–water partition coefficient (Wildman–Crippen LogP) is 4.95. The third kappa shape index (κ3) is 5.66. The zero-order valence-corrected chi connectivity index (χ0v) is 18.2. The van der Waals surface area contributed by atoms with Crippen molar-refractivity contribution in [2.75, 3.05) is 6.61 Å². The first kappa shape index (κ1) is 22.9. The van der Waals surface area contributed by atoms with Crippen LogP contribution in [0.1, 0.15) is 53.2 Å². The fourth-order valence-electron chi connectivity index (χ4n) is 3.44. The molecule has 0 radical (unpaired) electrons. The maximum Gasteiger partial charge on any atom is 0.311 e. The normalized spacial score (nSPS) is 16.6. The van der Waals surface area contributed by atoms with Crippen LogP contribution in [0.5, 0.6) is 0 Å². The molecule has 0 aliphatic heterocycles. The minimum atomic E-state index is -1.88. The van der Waals surface area contributed by atoms with E-state index < -0.39 is 20.3 Å². The maximum absolute atomic E-state index is 12.1. The number of hydrogen-bond acceptors (Lipinski definition) is 4.